The number of hydrogen-bond donors (Lipinski definition) is 1. The van der Waals surface area contributed by atoms with Crippen LogP contribution in [0.5, 0.6) is 0 Å². The van der Waals surface area contributed by atoms with Crippen LogP contribution in [0, 0.1) is 5.92 Å². The van der Waals surface area contributed by atoms with Gasteiger partial charge in [0.2, 0.25) is 0 Å². The van der Waals surface area contributed by atoms with E-state index in [-0.39, 0.29) is 5.92 Å². The molecular formula is C12H20O2. The van der Waals surface area contributed by atoms with Crippen molar-refractivity contribution in [1.29, 1.82) is 0 Å². The molecule has 0 saturated carbocycles. The number of carbonyl (C=O) groups is 1. The van der Waals surface area contributed by atoms with Crippen molar-refractivity contribution in [1.82, 2.24) is 0 Å². The Balaban J connectivity index is 2.26. The van der Waals surface area contributed by atoms with Crippen LogP contribution in [0.1, 0.15) is 51.9 Å². The minimum atomic E-state index is -0.631. The molecule has 0 aromatic rings. The third-order valence-corrected chi connectivity index (χ3v) is 2.96. The van der Waals surface area contributed by atoms with Gasteiger partial charge in [0.05, 0.1) is 5.92 Å². The monoisotopic (exact) mass is 196 g/mol. The molecule has 1 atom stereocenters. The quantitative estimate of drug-likeness (QED) is 0.540. The number of carboxylic acids is 1. The predicted molar refractivity (Wildman–Crippen MR) is 57.2 cm³/mol. The molecule has 0 bridgehead atoms. The molecule has 0 amide bonds. The van der Waals surface area contributed by atoms with E-state index in [1.807, 2.05) is 0 Å². The summed E-state index contributed by atoms with van der Waals surface area (Å²) in [6.45, 7) is 2.20. The van der Waals surface area contributed by atoms with Gasteiger partial charge in [-0.25, -0.2) is 0 Å². The van der Waals surface area contributed by atoms with Gasteiger partial charge in [-0.1, -0.05) is 31.4 Å². The van der Waals surface area contributed by atoms with Gasteiger partial charge in [0.1, 0.15) is 0 Å². The maximum atomic E-state index is 10.7. The van der Waals surface area contributed by atoms with Crippen LogP contribution < -0.4 is 0 Å². The van der Waals surface area contributed by atoms with Crippen molar-refractivity contribution in [3.8, 4) is 0 Å². The van der Waals surface area contributed by atoms with E-state index in [0.29, 0.717) is 0 Å². The molecule has 0 aromatic heterocycles. The van der Waals surface area contributed by atoms with Gasteiger partial charge in [-0.3, -0.25) is 4.79 Å². The van der Waals surface area contributed by atoms with Crippen molar-refractivity contribution in [2.45, 2.75) is 51.9 Å². The Kier molecular flexibility index (Phi) is 4.71. The van der Waals surface area contributed by atoms with E-state index in [4.69, 9.17) is 5.11 Å². The topological polar surface area (TPSA) is 37.3 Å². The molecule has 0 aromatic carbocycles. The normalized spacial score (nSPS) is 21.8. The summed E-state index contributed by atoms with van der Waals surface area (Å²) in [5, 5.41) is 8.81. The van der Waals surface area contributed by atoms with E-state index >= 15 is 0 Å². The standard InChI is InChI=1S/C12H20O2/c1-2-3-4-5-10-6-8-11(9-7-10)12(13)14/h6,11H,2-5,7-9H2,1H3,(H,13,14). The SMILES string of the molecule is CCCCCC1=CCC(C(=O)O)CC1. The van der Waals surface area contributed by atoms with Gasteiger partial charge in [0.15, 0.2) is 0 Å². The summed E-state index contributed by atoms with van der Waals surface area (Å²) in [5.74, 6) is -0.751. The van der Waals surface area contributed by atoms with Gasteiger partial charge < -0.3 is 5.11 Å². The Morgan fingerprint density at radius 2 is 2.36 bits per heavy atom. The number of aliphatic carboxylic acids is 1. The van der Waals surface area contributed by atoms with Crippen LogP contribution >= 0.6 is 0 Å². The second kappa shape index (κ2) is 5.84. The maximum absolute atomic E-state index is 10.7. The lowest BCUT2D eigenvalue weighted by molar-refractivity contribution is -0.141. The van der Waals surface area contributed by atoms with Gasteiger partial charge in [0.25, 0.3) is 0 Å². The first kappa shape index (κ1) is 11.3. The van der Waals surface area contributed by atoms with Gasteiger partial charge in [-0.15, -0.1) is 0 Å². The van der Waals surface area contributed by atoms with Crippen LogP contribution in [-0.4, -0.2) is 11.1 Å². The van der Waals surface area contributed by atoms with E-state index < -0.39 is 5.97 Å². The minimum absolute atomic E-state index is 0.120. The Bertz CT molecular complexity index is 218. The maximum Gasteiger partial charge on any atom is 0.306 e. The van der Waals surface area contributed by atoms with E-state index in [0.717, 1.165) is 19.3 Å². The number of allylic oxidation sites excluding steroid dienone is 2. The van der Waals surface area contributed by atoms with Crippen molar-refractivity contribution < 1.29 is 9.90 Å². The largest absolute Gasteiger partial charge is 0.481 e. The summed E-state index contributed by atoms with van der Waals surface area (Å²) in [5.41, 5.74) is 1.48. The molecule has 2 nitrogen and oxygen atoms in total. The summed E-state index contributed by atoms with van der Waals surface area (Å²) < 4.78 is 0. The van der Waals surface area contributed by atoms with Crippen LogP contribution in [0.25, 0.3) is 0 Å². The lowest BCUT2D eigenvalue weighted by Crippen LogP contribution is -2.15. The molecule has 1 rings (SSSR count). The van der Waals surface area contributed by atoms with Crippen LogP contribution in [0.2, 0.25) is 0 Å². The Hall–Kier alpha value is -0.790. The molecule has 1 aliphatic carbocycles. The van der Waals surface area contributed by atoms with Crippen LogP contribution in [0.15, 0.2) is 11.6 Å². The molecule has 0 aliphatic heterocycles. The fourth-order valence-electron chi connectivity index (χ4n) is 1.94. The smallest absolute Gasteiger partial charge is 0.306 e. The Morgan fingerprint density at radius 1 is 1.57 bits per heavy atom. The zero-order valence-electron chi connectivity index (χ0n) is 8.96. The molecule has 0 heterocycles. The van der Waals surface area contributed by atoms with Crippen molar-refractivity contribution in [3.63, 3.8) is 0 Å². The Labute approximate surface area is 86.0 Å². The highest BCUT2D eigenvalue weighted by atomic mass is 16.4. The minimum Gasteiger partial charge on any atom is -0.481 e. The molecule has 1 N–H and O–H groups in total. The zero-order chi connectivity index (χ0) is 10.4. The molecular weight excluding hydrogens is 176 g/mol. The van der Waals surface area contributed by atoms with Crippen molar-refractivity contribution in [3.05, 3.63) is 11.6 Å². The molecule has 0 fully saturated rings. The molecule has 0 spiro atoms. The summed E-state index contributed by atoms with van der Waals surface area (Å²) in [4.78, 5) is 10.7. The van der Waals surface area contributed by atoms with Crippen LogP contribution in [-0.2, 0) is 4.79 Å². The van der Waals surface area contributed by atoms with E-state index in [2.05, 4.69) is 13.0 Å². The first-order valence-corrected chi connectivity index (χ1v) is 5.64. The molecule has 2 heteroatoms. The second-order valence-corrected chi connectivity index (χ2v) is 4.13. The van der Waals surface area contributed by atoms with Crippen molar-refractivity contribution in [2.75, 3.05) is 0 Å². The summed E-state index contributed by atoms with van der Waals surface area (Å²) in [7, 11) is 0. The summed E-state index contributed by atoms with van der Waals surface area (Å²) >= 11 is 0. The highest BCUT2D eigenvalue weighted by Gasteiger charge is 2.19. The molecule has 0 saturated heterocycles. The van der Waals surface area contributed by atoms with Gasteiger partial charge in [0, 0.05) is 0 Å². The fraction of sp³-hybridized carbons (Fsp3) is 0.750. The lowest BCUT2D eigenvalue weighted by atomic mass is 9.87. The highest BCUT2D eigenvalue weighted by molar-refractivity contribution is 5.70. The zero-order valence-corrected chi connectivity index (χ0v) is 8.96. The molecule has 1 unspecified atom stereocenters. The summed E-state index contributed by atoms with van der Waals surface area (Å²) in [6, 6.07) is 0. The van der Waals surface area contributed by atoms with Crippen LogP contribution in [0.3, 0.4) is 0 Å². The number of hydrogen-bond acceptors (Lipinski definition) is 1. The van der Waals surface area contributed by atoms with Gasteiger partial charge >= 0.3 is 5.97 Å². The number of rotatable bonds is 5. The predicted octanol–water partition coefficient (Wildman–Crippen LogP) is 3.38. The third kappa shape index (κ3) is 3.52. The average molecular weight is 196 g/mol. The van der Waals surface area contributed by atoms with E-state index in [1.165, 1.54) is 31.3 Å². The van der Waals surface area contributed by atoms with E-state index in [1.54, 1.807) is 0 Å². The molecule has 80 valence electrons. The molecule has 1 aliphatic rings. The lowest BCUT2D eigenvalue weighted by Gasteiger charge is -2.18. The van der Waals surface area contributed by atoms with Gasteiger partial charge in [-0.05, 0) is 32.1 Å². The average Bonchev–Trinajstić information content (AvgIpc) is 2.19. The third-order valence-electron chi connectivity index (χ3n) is 2.96. The van der Waals surface area contributed by atoms with Crippen molar-refractivity contribution in [2.24, 2.45) is 5.92 Å². The summed E-state index contributed by atoms with van der Waals surface area (Å²) in [6.07, 6.45) is 9.73. The first-order valence-electron chi connectivity index (χ1n) is 5.64. The van der Waals surface area contributed by atoms with Gasteiger partial charge in [-0.2, -0.15) is 0 Å². The fourth-order valence-corrected chi connectivity index (χ4v) is 1.94. The second-order valence-electron chi connectivity index (χ2n) is 4.13. The number of unbranched alkanes of at least 4 members (excludes halogenated alkanes) is 2. The van der Waals surface area contributed by atoms with E-state index in [9.17, 15) is 4.79 Å². The highest BCUT2D eigenvalue weighted by Crippen LogP contribution is 2.26. The first-order chi connectivity index (χ1) is 6.74. The Morgan fingerprint density at radius 3 is 2.86 bits per heavy atom. The van der Waals surface area contributed by atoms with Crippen LogP contribution in [0.4, 0.5) is 0 Å². The number of carboxylic acid groups (broad SMARTS) is 1. The van der Waals surface area contributed by atoms with Crippen molar-refractivity contribution >= 4 is 5.97 Å². The molecule has 14 heavy (non-hydrogen) atoms. The molecule has 0 radical (unpaired) electrons.